The molecule has 0 amide bonds. The van der Waals surface area contributed by atoms with E-state index in [2.05, 4.69) is 9.97 Å². The van der Waals surface area contributed by atoms with Crippen molar-refractivity contribution in [2.24, 2.45) is 0 Å². The fourth-order valence-electron chi connectivity index (χ4n) is 1.61. The zero-order valence-corrected chi connectivity index (χ0v) is 9.87. The summed E-state index contributed by atoms with van der Waals surface area (Å²) in [5.74, 6) is -1.07. The summed E-state index contributed by atoms with van der Waals surface area (Å²) < 4.78 is 0. The molecule has 0 saturated heterocycles. The van der Waals surface area contributed by atoms with E-state index in [0.717, 1.165) is 0 Å². The van der Waals surface area contributed by atoms with Gasteiger partial charge in [-0.2, -0.15) is 4.98 Å². The maximum atomic E-state index is 11.4. The van der Waals surface area contributed by atoms with Crippen molar-refractivity contribution in [3.05, 3.63) is 39.3 Å². The number of rotatable bonds is 3. The van der Waals surface area contributed by atoms with Crippen LogP contribution in [-0.4, -0.2) is 21.0 Å². The van der Waals surface area contributed by atoms with Gasteiger partial charge in [-0.1, -0.05) is 13.0 Å². The first kappa shape index (κ1) is 11.5. The van der Waals surface area contributed by atoms with Crippen molar-refractivity contribution in [1.29, 1.82) is 0 Å². The molecule has 0 spiro atoms. The Morgan fingerprint density at radius 3 is 2.88 bits per heavy atom. The molecule has 17 heavy (non-hydrogen) atoms. The average Bonchev–Trinajstić information content (AvgIpc) is 2.80. The van der Waals surface area contributed by atoms with E-state index in [1.807, 2.05) is 5.38 Å². The minimum atomic E-state index is -1.07. The highest BCUT2D eigenvalue weighted by Crippen LogP contribution is 2.26. The molecule has 2 N–H and O–H groups in total. The largest absolute Gasteiger partial charge is 0.478 e. The van der Waals surface area contributed by atoms with E-state index >= 15 is 0 Å². The van der Waals surface area contributed by atoms with E-state index in [-0.39, 0.29) is 11.3 Å². The molecule has 2 aromatic heterocycles. The number of aromatic nitrogens is 2. The highest BCUT2D eigenvalue weighted by Gasteiger charge is 2.19. The Labute approximate surface area is 101 Å². The lowest BCUT2D eigenvalue weighted by Gasteiger charge is -2.07. The Balaban J connectivity index is 2.77. The van der Waals surface area contributed by atoms with E-state index in [0.29, 0.717) is 17.0 Å². The zero-order valence-electron chi connectivity index (χ0n) is 9.06. The second kappa shape index (κ2) is 4.50. The number of aromatic amines is 1. The summed E-state index contributed by atoms with van der Waals surface area (Å²) in [6, 6.07) is 3.54. The number of carboxylic acids is 1. The number of aryl methyl sites for hydroxylation is 1. The van der Waals surface area contributed by atoms with Crippen molar-refractivity contribution in [1.82, 2.24) is 9.97 Å². The number of nitrogens with one attached hydrogen (secondary N) is 1. The first-order chi connectivity index (χ1) is 8.13. The quantitative estimate of drug-likeness (QED) is 0.869. The number of nitrogens with zero attached hydrogens (tertiary/aromatic N) is 1. The van der Waals surface area contributed by atoms with Crippen LogP contribution in [0, 0.1) is 0 Å². The number of carbonyl (C=O) groups is 1. The van der Waals surface area contributed by atoms with Crippen molar-refractivity contribution in [3.8, 4) is 10.6 Å². The molecule has 0 aliphatic heterocycles. The van der Waals surface area contributed by atoms with Gasteiger partial charge in [0.2, 0.25) is 0 Å². The SMILES string of the molecule is CCc1[nH]c(=O)nc(-c2cccs2)c1C(=O)O. The van der Waals surface area contributed by atoms with Crippen LogP contribution in [0.15, 0.2) is 22.3 Å². The molecule has 2 rings (SSSR count). The molecular weight excluding hydrogens is 240 g/mol. The van der Waals surface area contributed by atoms with Crippen LogP contribution in [0.25, 0.3) is 10.6 Å². The second-order valence-electron chi connectivity index (χ2n) is 3.38. The molecule has 0 fully saturated rings. The van der Waals surface area contributed by atoms with Gasteiger partial charge >= 0.3 is 11.7 Å². The number of thiophene rings is 1. The fourth-order valence-corrected chi connectivity index (χ4v) is 2.33. The van der Waals surface area contributed by atoms with Crippen LogP contribution in [0.5, 0.6) is 0 Å². The van der Waals surface area contributed by atoms with Crippen LogP contribution in [0.1, 0.15) is 23.0 Å². The zero-order chi connectivity index (χ0) is 12.4. The van der Waals surface area contributed by atoms with Gasteiger partial charge in [-0.25, -0.2) is 9.59 Å². The van der Waals surface area contributed by atoms with Crippen molar-refractivity contribution in [2.75, 3.05) is 0 Å². The molecule has 0 unspecified atom stereocenters. The molecule has 0 bridgehead atoms. The molecule has 0 radical (unpaired) electrons. The Kier molecular flexibility index (Phi) is 3.06. The third-order valence-corrected chi connectivity index (χ3v) is 3.21. The van der Waals surface area contributed by atoms with Crippen molar-refractivity contribution >= 4 is 17.3 Å². The van der Waals surface area contributed by atoms with Crippen LogP contribution in [0.3, 0.4) is 0 Å². The van der Waals surface area contributed by atoms with Crippen LogP contribution < -0.4 is 5.69 Å². The van der Waals surface area contributed by atoms with Gasteiger partial charge in [0.1, 0.15) is 11.3 Å². The lowest BCUT2D eigenvalue weighted by molar-refractivity contribution is 0.0695. The Morgan fingerprint density at radius 2 is 2.35 bits per heavy atom. The van der Waals surface area contributed by atoms with Gasteiger partial charge in [-0.05, 0) is 17.9 Å². The summed E-state index contributed by atoms with van der Waals surface area (Å²) in [5, 5.41) is 11.0. The van der Waals surface area contributed by atoms with Crippen LogP contribution >= 0.6 is 11.3 Å². The van der Waals surface area contributed by atoms with Gasteiger partial charge in [0, 0.05) is 5.69 Å². The lowest BCUT2D eigenvalue weighted by atomic mass is 10.1. The van der Waals surface area contributed by atoms with Crippen LogP contribution in [0.2, 0.25) is 0 Å². The Morgan fingerprint density at radius 1 is 1.59 bits per heavy atom. The minimum Gasteiger partial charge on any atom is -0.478 e. The summed E-state index contributed by atoms with van der Waals surface area (Å²) >= 11 is 1.36. The third-order valence-electron chi connectivity index (χ3n) is 2.33. The molecule has 0 aliphatic rings. The summed E-state index contributed by atoms with van der Waals surface area (Å²) in [5.41, 5.74) is 0.207. The second-order valence-corrected chi connectivity index (χ2v) is 4.33. The van der Waals surface area contributed by atoms with E-state index in [1.54, 1.807) is 19.1 Å². The molecular formula is C11H10N2O3S. The van der Waals surface area contributed by atoms with Gasteiger partial charge < -0.3 is 10.1 Å². The van der Waals surface area contributed by atoms with Gasteiger partial charge in [-0.15, -0.1) is 11.3 Å². The maximum Gasteiger partial charge on any atom is 0.345 e. The van der Waals surface area contributed by atoms with Crippen molar-refractivity contribution < 1.29 is 9.90 Å². The predicted molar refractivity (Wildman–Crippen MR) is 64.5 cm³/mol. The molecule has 6 heteroatoms. The fraction of sp³-hybridized carbons (Fsp3) is 0.182. The van der Waals surface area contributed by atoms with Gasteiger partial charge in [-0.3, -0.25) is 0 Å². The first-order valence-electron chi connectivity index (χ1n) is 5.03. The Bertz CT molecular complexity index is 602. The highest BCUT2D eigenvalue weighted by molar-refractivity contribution is 7.13. The normalized spacial score (nSPS) is 10.4. The number of hydrogen-bond donors (Lipinski definition) is 2. The average molecular weight is 250 g/mol. The molecule has 5 nitrogen and oxygen atoms in total. The number of aromatic carboxylic acids is 1. The smallest absolute Gasteiger partial charge is 0.345 e. The predicted octanol–water partition coefficient (Wildman–Crippen LogP) is 1.76. The maximum absolute atomic E-state index is 11.4. The molecule has 0 aromatic carbocycles. The number of H-pyrrole nitrogens is 1. The molecule has 0 aliphatic carbocycles. The lowest BCUT2D eigenvalue weighted by Crippen LogP contribution is -2.19. The Hall–Kier alpha value is -1.95. The van der Waals surface area contributed by atoms with E-state index in [9.17, 15) is 14.7 Å². The topological polar surface area (TPSA) is 83.0 Å². The van der Waals surface area contributed by atoms with Crippen molar-refractivity contribution in [2.45, 2.75) is 13.3 Å². The van der Waals surface area contributed by atoms with E-state index in [4.69, 9.17) is 0 Å². The van der Waals surface area contributed by atoms with Gasteiger partial charge in [0.15, 0.2) is 0 Å². The van der Waals surface area contributed by atoms with E-state index in [1.165, 1.54) is 11.3 Å². The van der Waals surface area contributed by atoms with Gasteiger partial charge in [0.25, 0.3) is 0 Å². The first-order valence-corrected chi connectivity index (χ1v) is 5.91. The monoisotopic (exact) mass is 250 g/mol. The van der Waals surface area contributed by atoms with Crippen molar-refractivity contribution in [3.63, 3.8) is 0 Å². The summed E-state index contributed by atoms with van der Waals surface area (Å²) in [7, 11) is 0. The number of carboxylic acid groups (broad SMARTS) is 1. The van der Waals surface area contributed by atoms with Crippen LogP contribution in [0.4, 0.5) is 0 Å². The van der Waals surface area contributed by atoms with Crippen LogP contribution in [-0.2, 0) is 6.42 Å². The standard InChI is InChI=1S/C11H10N2O3S/c1-2-6-8(10(14)15)9(13-11(16)12-6)7-4-3-5-17-7/h3-5H,2H2,1H3,(H,14,15)(H,12,13,16). The molecule has 2 heterocycles. The van der Waals surface area contributed by atoms with Gasteiger partial charge in [0.05, 0.1) is 4.88 Å². The number of hydrogen-bond acceptors (Lipinski definition) is 4. The highest BCUT2D eigenvalue weighted by atomic mass is 32.1. The third kappa shape index (κ3) is 2.12. The summed E-state index contributed by atoms with van der Waals surface area (Å²) in [4.78, 5) is 29.5. The summed E-state index contributed by atoms with van der Waals surface area (Å²) in [6.07, 6.45) is 0.442. The summed E-state index contributed by atoms with van der Waals surface area (Å²) in [6.45, 7) is 1.79. The minimum absolute atomic E-state index is 0.0783. The molecule has 0 saturated carbocycles. The van der Waals surface area contributed by atoms with E-state index < -0.39 is 11.7 Å². The molecule has 88 valence electrons. The molecule has 2 aromatic rings. The molecule has 0 atom stereocenters.